The van der Waals surface area contributed by atoms with Crippen LogP contribution in [-0.4, -0.2) is 15.0 Å². The zero-order valence-electron chi connectivity index (χ0n) is 12.1. The van der Waals surface area contributed by atoms with Crippen molar-refractivity contribution in [3.63, 3.8) is 0 Å². The van der Waals surface area contributed by atoms with Crippen LogP contribution < -0.4 is 9.88 Å². The van der Waals surface area contributed by atoms with Crippen molar-refractivity contribution in [3.8, 4) is 16.2 Å². The molecule has 0 spiro atoms. The van der Waals surface area contributed by atoms with E-state index in [1.165, 1.54) is 6.07 Å². The van der Waals surface area contributed by atoms with Crippen LogP contribution in [0.5, 0.6) is 5.75 Å². The molecule has 0 fully saturated rings. The molecule has 6 heteroatoms. The summed E-state index contributed by atoms with van der Waals surface area (Å²) >= 11 is 1.16. The Morgan fingerprint density at radius 3 is 2.62 bits per heavy atom. The molecule has 1 heterocycles. The molecule has 0 aliphatic heterocycles. The van der Waals surface area contributed by atoms with E-state index >= 15 is 0 Å². The number of rotatable bonds is 6. The third-order valence-electron chi connectivity index (χ3n) is 3.02. The molecular formula is C15H19NO3S2. The summed E-state index contributed by atoms with van der Waals surface area (Å²) in [4.78, 5) is 0.842. The normalized spacial score (nSPS) is 11.6. The molecule has 0 aliphatic rings. The van der Waals surface area contributed by atoms with E-state index in [4.69, 9.17) is 9.88 Å². The lowest BCUT2D eigenvalue weighted by Gasteiger charge is -2.11. The Labute approximate surface area is 129 Å². The molecule has 21 heavy (non-hydrogen) atoms. The zero-order chi connectivity index (χ0) is 15.5. The van der Waals surface area contributed by atoms with Crippen molar-refractivity contribution in [2.24, 2.45) is 5.14 Å². The first-order valence-electron chi connectivity index (χ1n) is 6.78. The molecule has 1 aromatic carbocycles. The summed E-state index contributed by atoms with van der Waals surface area (Å²) < 4.78 is 28.8. The second kappa shape index (κ2) is 6.60. The van der Waals surface area contributed by atoms with Crippen LogP contribution in [0.25, 0.3) is 10.4 Å². The third kappa shape index (κ3) is 4.06. The van der Waals surface area contributed by atoms with Gasteiger partial charge < -0.3 is 4.74 Å². The summed E-state index contributed by atoms with van der Waals surface area (Å²) in [5.41, 5.74) is 2.00. The Morgan fingerprint density at radius 1 is 1.24 bits per heavy atom. The van der Waals surface area contributed by atoms with Crippen molar-refractivity contribution >= 4 is 21.4 Å². The molecule has 0 unspecified atom stereocenters. The van der Waals surface area contributed by atoms with Gasteiger partial charge in [-0.3, -0.25) is 0 Å². The van der Waals surface area contributed by atoms with Gasteiger partial charge in [0.1, 0.15) is 9.96 Å². The van der Waals surface area contributed by atoms with E-state index in [0.717, 1.165) is 45.9 Å². The standard InChI is InChI=1S/C15H19NO3S2/c1-3-4-9-19-13-6-5-11(2)10-12(13)14-7-8-15(20-14)21(16,17)18/h5-8,10H,3-4,9H2,1-2H3,(H2,16,17,18). The summed E-state index contributed by atoms with van der Waals surface area (Å²) in [5.74, 6) is 0.775. The molecule has 0 bridgehead atoms. The summed E-state index contributed by atoms with van der Waals surface area (Å²) in [6.45, 7) is 4.75. The summed E-state index contributed by atoms with van der Waals surface area (Å²) in [5, 5.41) is 5.17. The highest BCUT2D eigenvalue weighted by molar-refractivity contribution is 7.91. The van der Waals surface area contributed by atoms with Gasteiger partial charge in [0.05, 0.1) is 6.61 Å². The van der Waals surface area contributed by atoms with Gasteiger partial charge in [0.2, 0.25) is 10.0 Å². The van der Waals surface area contributed by atoms with E-state index in [1.807, 2.05) is 25.1 Å². The first-order chi connectivity index (χ1) is 9.91. The van der Waals surface area contributed by atoms with Crippen LogP contribution in [0, 0.1) is 6.92 Å². The van der Waals surface area contributed by atoms with Gasteiger partial charge in [-0.25, -0.2) is 13.6 Å². The van der Waals surface area contributed by atoms with Crippen molar-refractivity contribution < 1.29 is 13.2 Å². The number of ether oxygens (including phenoxy) is 1. The summed E-state index contributed by atoms with van der Waals surface area (Å²) in [6.07, 6.45) is 2.05. The maximum absolute atomic E-state index is 11.4. The first-order valence-corrected chi connectivity index (χ1v) is 9.14. The minimum Gasteiger partial charge on any atom is -0.493 e. The van der Waals surface area contributed by atoms with Gasteiger partial charge in [-0.2, -0.15) is 0 Å². The van der Waals surface area contributed by atoms with Crippen LogP contribution >= 0.6 is 11.3 Å². The minimum absolute atomic E-state index is 0.165. The molecule has 0 saturated heterocycles. The van der Waals surface area contributed by atoms with Gasteiger partial charge in [-0.15, -0.1) is 11.3 Å². The predicted molar refractivity (Wildman–Crippen MR) is 86.3 cm³/mol. The number of benzene rings is 1. The second-order valence-corrected chi connectivity index (χ2v) is 7.74. The lowest BCUT2D eigenvalue weighted by Crippen LogP contribution is -2.09. The van der Waals surface area contributed by atoms with Crippen LogP contribution in [-0.2, 0) is 10.0 Å². The highest BCUT2D eigenvalue weighted by Crippen LogP contribution is 2.37. The zero-order valence-corrected chi connectivity index (χ0v) is 13.8. The van der Waals surface area contributed by atoms with E-state index in [1.54, 1.807) is 6.07 Å². The minimum atomic E-state index is -3.66. The monoisotopic (exact) mass is 325 g/mol. The third-order valence-corrected chi connectivity index (χ3v) is 5.57. The quantitative estimate of drug-likeness (QED) is 0.826. The van der Waals surface area contributed by atoms with Gasteiger partial charge >= 0.3 is 0 Å². The molecular weight excluding hydrogens is 306 g/mol. The smallest absolute Gasteiger partial charge is 0.247 e. The molecule has 2 rings (SSSR count). The Balaban J connectivity index is 2.37. The molecule has 0 atom stereocenters. The molecule has 2 N–H and O–H groups in total. The fraction of sp³-hybridized carbons (Fsp3) is 0.333. The van der Waals surface area contributed by atoms with Crippen molar-refractivity contribution in [1.82, 2.24) is 0 Å². The largest absolute Gasteiger partial charge is 0.493 e. The van der Waals surface area contributed by atoms with Crippen LogP contribution in [0.15, 0.2) is 34.5 Å². The number of primary sulfonamides is 1. The van der Waals surface area contributed by atoms with E-state index in [2.05, 4.69) is 6.92 Å². The molecule has 1 aromatic heterocycles. The molecule has 2 aromatic rings. The average molecular weight is 325 g/mol. The lowest BCUT2D eigenvalue weighted by atomic mass is 10.1. The fourth-order valence-electron chi connectivity index (χ4n) is 1.91. The topological polar surface area (TPSA) is 69.4 Å². The molecule has 0 saturated carbocycles. The van der Waals surface area contributed by atoms with E-state index < -0.39 is 10.0 Å². The van der Waals surface area contributed by atoms with Crippen molar-refractivity contribution in [1.29, 1.82) is 0 Å². The highest BCUT2D eigenvalue weighted by atomic mass is 32.2. The van der Waals surface area contributed by atoms with Crippen LogP contribution in [0.1, 0.15) is 25.3 Å². The number of nitrogens with two attached hydrogens (primary N) is 1. The van der Waals surface area contributed by atoms with Crippen LogP contribution in [0.4, 0.5) is 0 Å². The van der Waals surface area contributed by atoms with Gasteiger partial charge in [-0.1, -0.05) is 25.0 Å². The van der Waals surface area contributed by atoms with Gasteiger partial charge in [-0.05, 0) is 37.6 Å². The fourth-order valence-corrected chi connectivity index (χ4v) is 3.66. The van der Waals surface area contributed by atoms with E-state index in [0.29, 0.717) is 6.61 Å². The second-order valence-electron chi connectivity index (χ2n) is 4.87. The number of hydrogen-bond acceptors (Lipinski definition) is 4. The lowest BCUT2D eigenvalue weighted by molar-refractivity contribution is 0.310. The number of sulfonamides is 1. The van der Waals surface area contributed by atoms with E-state index in [9.17, 15) is 8.42 Å². The average Bonchev–Trinajstić information content (AvgIpc) is 2.90. The first kappa shape index (κ1) is 16.0. The Hall–Kier alpha value is -1.37. The Kier molecular flexibility index (Phi) is 5.03. The number of hydrogen-bond donors (Lipinski definition) is 1. The van der Waals surface area contributed by atoms with Crippen molar-refractivity contribution in [3.05, 3.63) is 35.9 Å². The maximum atomic E-state index is 11.4. The van der Waals surface area contributed by atoms with Crippen molar-refractivity contribution in [2.45, 2.75) is 30.9 Å². The highest BCUT2D eigenvalue weighted by Gasteiger charge is 2.15. The number of aryl methyl sites for hydroxylation is 1. The van der Waals surface area contributed by atoms with Crippen LogP contribution in [0.3, 0.4) is 0 Å². The molecule has 114 valence electrons. The van der Waals surface area contributed by atoms with E-state index in [-0.39, 0.29) is 4.21 Å². The van der Waals surface area contributed by atoms with Crippen molar-refractivity contribution in [2.75, 3.05) is 6.61 Å². The molecule has 0 radical (unpaired) electrons. The van der Waals surface area contributed by atoms with Crippen LogP contribution in [0.2, 0.25) is 0 Å². The molecule has 4 nitrogen and oxygen atoms in total. The maximum Gasteiger partial charge on any atom is 0.247 e. The van der Waals surface area contributed by atoms with Gasteiger partial charge in [0.15, 0.2) is 0 Å². The molecule has 0 amide bonds. The Bertz CT molecular complexity index is 720. The Morgan fingerprint density at radius 2 is 2.00 bits per heavy atom. The predicted octanol–water partition coefficient (Wildman–Crippen LogP) is 3.55. The molecule has 0 aliphatic carbocycles. The number of unbranched alkanes of at least 4 members (excludes halogenated alkanes) is 1. The van der Waals surface area contributed by atoms with Gasteiger partial charge in [0.25, 0.3) is 0 Å². The number of thiophene rings is 1. The summed E-state index contributed by atoms with van der Waals surface area (Å²) in [6, 6.07) is 9.22. The SMILES string of the molecule is CCCCOc1ccc(C)cc1-c1ccc(S(N)(=O)=O)s1. The van der Waals surface area contributed by atoms with Gasteiger partial charge in [0, 0.05) is 10.4 Å². The summed E-state index contributed by atoms with van der Waals surface area (Å²) in [7, 11) is -3.66.